The number of hydrogen-bond donors (Lipinski definition) is 2. The summed E-state index contributed by atoms with van der Waals surface area (Å²) >= 11 is 0. The molecule has 0 bridgehead atoms. The zero-order valence-corrected chi connectivity index (χ0v) is 9.83. The molecule has 0 spiro atoms. The van der Waals surface area contributed by atoms with Crippen LogP contribution in [-0.4, -0.2) is 16.7 Å². The van der Waals surface area contributed by atoms with Gasteiger partial charge in [0.1, 0.15) is 5.78 Å². The summed E-state index contributed by atoms with van der Waals surface area (Å²) in [6.07, 6.45) is -0.0844. The van der Waals surface area contributed by atoms with Crippen LogP contribution in [0.1, 0.15) is 19.0 Å². The van der Waals surface area contributed by atoms with Crippen LogP contribution in [0.5, 0.6) is 0 Å². The molecule has 1 amide bonds. The highest BCUT2D eigenvalue weighted by molar-refractivity contribution is 6.08. The van der Waals surface area contributed by atoms with Crippen molar-refractivity contribution in [3.63, 3.8) is 0 Å². The molecule has 2 rings (SSSR count). The Bertz CT molecular complexity index is 584. The van der Waals surface area contributed by atoms with E-state index in [4.69, 9.17) is 0 Å². The van der Waals surface area contributed by atoms with Crippen molar-refractivity contribution in [3.05, 3.63) is 30.0 Å². The molecule has 1 aromatic carbocycles. The third-order valence-electron chi connectivity index (χ3n) is 2.57. The van der Waals surface area contributed by atoms with Crippen LogP contribution in [0, 0.1) is 6.92 Å². The molecule has 0 aliphatic rings. The molecule has 4 heteroatoms. The van der Waals surface area contributed by atoms with Crippen LogP contribution in [0.15, 0.2) is 24.3 Å². The van der Waals surface area contributed by atoms with Crippen LogP contribution in [0.2, 0.25) is 0 Å². The van der Waals surface area contributed by atoms with E-state index in [9.17, 15) is 9.59 Å². The summed E-state index contributed by atoms with van der Waals surface area (Å²) in [5.41, 5.74) is 2.62. The van der Waals surface area contributed by atoms with E-state index in [1.807, 2.05) is 31.2 Å². The average Bonchev–Trinajstić information content (AvgIpc) is 2.55. The second-order valence-corrected chi connectivity index (χ2v) is 4.10. The summed E-state index contributed by atoms with van der Waals surface area (Å²) in [6.45, 7) is 3.30. The molecule has 0 aliphatic heterocycles. The first-order chi connectivity index (χ1) is 8.08. The number of fused-ring (bicyclic) bond motifs is 1. The minimum atomic E-state index is -0.273. The lowest BCUT2D eigenvalue weighted by molar-refractivity contribution is -0.124. The standard InChI is InChI=1S/C13H14N2O2/c1-8(16)7-12(17)15-13-9(2)14-11-6-4-3-5-10(11)13/h3-6,14H,7H2,1-2H3,(H,15,17). The fourth-order valence-corrected chi connectivity index (χ4v) is 1.85. The first kappa shape index (κ1) is 11.4. The number of para-hydroxylation sites is 1. The lowest BCUT2D eigenvalue weighted by Crippen LogP contribution is -2.15. The Morgan fingerprint density at radius 3 is 2.71 bits per heavy atom. The van der Waals surface area contributed by atoms with E-state index in [1.165, 1.54) is 6.92 Å². The lowest BCUT2D eigenvalue weighted by atomic mass is 10.2. The van der Waals surface area contributed by atoms with Gasteiger partial charge in [0.15, 0.2) is 0 Å². The van der Waals surface area contributed by atoms with Crippen LogP contribution < -0.4 is 5.32 Å². The van der Waals surface area contributed by atoms with Crippen molar-refractivity contribution in [2.45, 2.75) is 20.3 Å². The predicted octanol–water partition coefficient (Wildman–Crippen LogP) is 2.39. The quantitative estimate of drug-likeness (QED) is 0.795. The Morgan fingerprint density at radius 1 is 1.29 bits per heavy atom. The number of anilines is 1. The Balaban J connectivity index is 2.32. The maximum Gasteiger partial charge on any atom is 0.231 e. The molecule has 2 aromatic rings. The van der Waals surface area contributed by atoms with Crippen LogP contribution in [0.3, 0.4) is 0 Å². The van der Waals surface area contributed by atoms with E-state index < -0.39 is 0 Å². The third kappa shape index (κ3) is 2.36. The molecule has 0 saturated heterocycles. The molecule has 0 atom stereocenters. The van der Waals surface area contributed by atoms with Gasteiger partial charge in [-0.15, -0.1) is 0 Å². The minimum absolute atomic E-state index is 0.0844. The van der Waals surface area contributed by atoms with Crippen molar-refractivity contribution in [3.8, 4) is 0 Å². The molecule has 0 aliphatic carbocycles. The molecule has 1 aromatic heterocycles. The Hall–Kier alpha value is -2.10. The highest BCUT2D eigenvalue weighted by Gasteiger charge is 2.11. The van der Waals surface area contributed by atoms with Gasteiger partial charge in [-0.2, -0.15) is 0 Å². The van der Waals surface area contributed by atoms with Gasteiger partial charge in [-0.1, -0.05) is 18.2 Å². The van der Waals surface area contributed by atoms with Gasteiger partial charge in [-0.05, 0) is 19.9 Å². The number of benzene rings is 1. The normalized spacial score (nSPS) is 10.5. The van der Waals surface area contributed by atoms with Gasteiger partial charge in [0, 0.05) is 16.6 Å². The van der Waals surface area contributed by atoms with Gasteiger partial charge in [0.05, 0.1) is 12.1 Å². The maximum absolute atomic E-state index is 11.6. The van der Waals surface area contributed by atoms with E-state index in [0.717, 1.165) is 22.3 Å². The van der Waals surface area contributed by atoms with Crippen molar-refractivity contribution in [2.75, 3.05) is 5.32 Å². The second kappa shape index (κ2) is 4.41. The molecule has 88 valence electrons. The third-order valence-corrected chi connectivity index (χ3v) is 2.57. The molecule has 0 saturated carbocycles. The zero-order chi connectivity index (χ0) is 12.4. The first-order valence-corrected chi connectivity index (χ1v) is 5.44. The summed E-state index contributed by atoms with van der Waals surface area (Å²) in [4.78, 5) is 25.6. The van der Waals surface area contributed by atoms with Crippen LogP contribution in [-0.2, 0) is 9.59 Å². The largest absolute Gasteiger partial charge is 0.357 e. The number of aromatic amines is 1. The maximum atomic E-state index is 11.6. The molecule has 4 nitrogen and oxygen atoms in total. The number of amides is 1. The number of carbonyl (C=O) groups excluding carboxylic acids is 2. The first-order valence-electron chi connectivity index (χ1n) is 5.44. The summed E-state index contributed by atoms with van der Waals surface area (Å²) in [7, 11) is 0. The predicted molar refractivity (Wildman–Crippen MR) is 67.0 cm³/mol. The molecule has 0 unspecified atom stereocenters. The number of Topliss-reactive ketones (excluding diaryl/α,β-unsaturated/α-hetero) is 1. The fourth-order valence-electron chi connectivity index (χ4n) is 1.85. The fraction of sp³-hybridized carbons (Fsp3) is 0.231. The highest BCUT2D eigenvalue weighted by atomic mass is 16.2. The van der Waals surface area contributed by atoms with Gasteiger partial charge < -0.3 is 10.3 Å². The second-order valence-electron chi connectivity index (χ2n) is 4.10. The van der Waals surface area contributed by atoms with Crippen molar-refractivity contribution < 1.29 is 9.59 Å². The Morgan fingerprint density at radius 2 is 2.00 bits per heavy atom. The molecule has 0 radical (unpaired) electrons. The van der Waals surface area contributed by atoms with Crippen LogP contribution in [0.25, 0.3) is 10.9 Å². The lowest BCUT2D eigenvalue weighted by Gasteiger charge is -2.03. The topological polar surface area (TPSA) is 62.0 Å². The number of aryl methyl sites for hydroxylation is 1. The number of rotatable bonds is 3. The van der Waals surface area contributed by atoms with Gasteiger partial charge in [0.25, 0.3) is 0 Å². The summed E-state index contributed by atoms with van der Waals surface area (Å²) in [5, 5.41) is 3.73. The van der Waals surface area contributed by atoms with E-state index >= 15 is 0 Å². The number of carbonyl (C=O) groups is 2. The number of H-pyrrole nitrogens is 1. The molecule has 17 heavy (non-hydrogen) atoms. The van der Waals surface area contributed by atoms with Crippen molar-refractivity contribution in [1.82, 2.24) is 4.98 Å². The van der Waals surface area contributed by atoms with Gasteiger partial charge in [-0.3, -0.25) is 9.59 Å². The number of nitrogens with one attached hydrogen (secondary N) is 2. The van der Waals surface area contributed by atoms with E-state index in [-0.39, 0.29) is 18.1 Å². The zero-order valence-electron chi connectivity index (χ0n) is 9.83. The molecule has 2 N–H and O–H groups in total. The van der Waals surface area contributed by atoms with Gasteiger partial charge in [0.2, 0.25) is 5.91 Å². The van der Waals surface area contributed by atoms with Crippen molar-refractivity contribution >= 4 is 28.3 Å². The average molecular weight is 230 g/mol. The summed E-state index contributed by atoms with van der Waals surface area (Å²) in [6, 6.07) is 7.72. The monoisotopic (exact) mass is 230 g/mol. The van der Waals surface area contributed by atoms with Gasteiger partial charge >= 0.3 is 0 Å². The van der Waals surface area contributed by atoms with Gasteiger partial charge in [-0.25, -0.2) is 0 Å². The van der Waals surface area contributed by atoms with Crippen LogP contribution >= 0.6 is 0 Å². The highest BCUT2D eigenvalue weighted by Crippen LogP contribution is 2.26. The Labute approximate surface area is 99.0 Å². The van der Waals surface area contributed by atoms with Crippen molar-refractivity contribution in [1.29, 1.82) is 0 Å². The number of aromatic nitrogens is 1. The number of ketones is 1. The smallest absolute Gasteiger partial charge is 0.231 e. The summed E-state index contributed by atoms with van der Waals surface area (Å²) in [5.74, 6) is -0.412. The number of hydrogen-bond acceptors (Lipinski definition) is 2. The van der Waals surface area contributed by atoms with E-state index in [1.54, 1.807) is 0 Å². The Kier molecular flexibility index (Phi) is 2.95. The molecule has 0 fully saturated rings. The van der Waals surface area contributed by atoms with E-state index in [2.05, 4.69) is 10.3 Å². The summed E-state index contributed by atoms with van der Waals surface area (Å²) < 4.78 is 0. The SMILES string of the molecule is CC(=O)CC(=O)Nc1c(C)[nH]c2ccccc12. The van der Waals surface area contributed by atoms with Crippen LogP contribution in [0.4, 0.5) is 5.69 Å². The van der Waals surface area contributed by atoms with E-state index in [0.29, 0.717) is 0 Å². The molecular formula is C13H14N2O2. The molecular weight excluding hydrogens is 216 g/mol. The minimum Gasteiger partial charge on any atom is -0.357 e. The molecule has 1 heterocycles. The van der Waals surface area contributed by atoms with Crippen molar-refractivity contribution in [2.24, 2.45) is 0 Å².